The van der Waals surface area contributed by atoms with E-state index in [1.165, 1.54) is 6.92 Å². The maximum absolute atomic E-state index is 11.5. The summed E-state index contributed by atoms with van der Waals surface area (Å²) in [7, 11) is 0. The molecule has 13 heteroatoms. The quantitative estimate of drug-likeness (QED) is 0.151. The number of carbonyl (C=O) groups is 2. The summed E-state index contributed by atoms with van der Waals surface area (Å²) in [5.41, 5.74) is 0.217. The van der Waals surface area contributed by atoms with Crippen LogP contribution in [0.25, 0.3) is 0 Å². The molecule has 2 amide bonds. The zero-order valence-corrected chi connectivity index (χ0v) is 25.6. The number of hydrogen-bond donors (Lipinski definition) is 2. The summed E-state index contributed by atoms with van der Waals surface area (Å²) in [6.45, 7) is 14.2. The zero-order chi connectivity index (χ0) is 30.7. The van der Waals surface area contributed by atoms with Crippen molar-refractivity contribution in [2.75, 3.05) is 111 Å². The lowest BCUT2D eigenvalue weighted by Crippen LogP contribution is -2.34. The van der Waals surface area contributed by atoms with Crippen LogP contribution in [-0.4, -0.2) is 123 Å². The molecule has 0 aliphatic rings. The summed E-state index contributed by atoms with van der Waals surface area (Å²) in [4.78, 5) is 22.5. The van der Waals surface area contributed by atoms with Gasteiger partial charge in [0.2, 0.25) is 5.91 Å². The Bertz CT molecular complexity index is 804. The smallest absolute Gasteiger partial charge is 0.407 e. The van der Waals surface area contributed by atoms with Crippen LogP contribution in [-0.2, 0) is 42.7 Å². The van der Waals surface area contributed by atoms with E-state index in [1.54, 1.807) is 24.3 Å². The van der Waals surface area contributed by atoms with Gasteiger partial charge in [-0.1, -0.05) is 0 Å². The van der Waals surface area contributed by atoms with E-state index in [0.717, 1.165) is 5.69 Å². The molecule has 42 heavy (non-hydrogen) atoms. The maximum Gasteiger partial charge on any atom is 0.407 e. The van der Waals surface area contributed by atoms with E-state index in [2.05, 4.69) is 10.6 Å². The predicted molar refractivity (Wildman–Crippen MR) is 156 cm³/mol. The average Bonchev–Trinajstić information content (AvgIpc) is 2.92. The number of anilines is 1. The summed E-state index contributed by atoms with van der Waals surface area (Å²) in [6.07, 6.45) is -0.454. The lowest BCUT2D eigenvalue weighted by atomic mass is 10.2. The number of benzene rings is 1. The Morgan fingerprint density at radius 2 is 0.976 bits per heavy atom. The molecule has 0 spiro atoms. The van der Waals surface area contributed by atoms with E-state index < -0.39 is 11.7 Å². The Hall–Kier alpha value is -2.52. The summed E-state index contributed by atoms with van der Waals surface area (Å²) < 4.78 is 48.8. The molecular formula is C29H50N2O11. The normalized spacial score (nSPS) is 11.3. The van der Waals surface area contributed by atoms with Gasteiger partial charge in [0.15, 0.2) is 0 Å². The van der Waals surface area contributed by atoms with Crippen LogP contribution in [0.5, 0.6) is 5.75 Å². The van der Waals surface area contributed by atoms with Crippen LogP contribution >= 0.6 is 0 Å². The zero-order valence-electron chi connectivity index (χ0n) is 25.6. The Kier molecular flexibility index (Phi) is 22.3. The average molecular weight is 603 g/mol. The second-order valence-corrected chi connectivity index (χ2v) is 9.77. The highest BCUT2D eigenvalue weighted by atomic mass is 16.6. The van der Waals surface area contributed by atoms with Crippen LogP contribution in [0, 0.1) is 0 Å². The van der Waals surface area contributed by atoms with Gasteiger partial charge in [0.05, 0.1) is 92.5 Å². The standard InChI is InChI=1S/C29H50N2O11/c1-25(32)31-26-5-7-27(8-6-26)41-24-23-40-22-21-39-20-19-38-18-17-37-16-15-36-14-13-35-12-11-34-10-9-30-28(33)42-29(2,3)4/h5-8H,9-24H2,1-4H3,(H,30,33)(H,31,32). The van der Waals surface area contributed by atoms with Gasteiger partial charge in [-0.15, -0.1) is 0 Å². The fourth-order valence-corrected chi connectivity index (χ4v) is 3.02. The van der Waals surface area contributed by atoms with Crippen LogP contribution in [0.15, 0.2) is 24.3 Å². The van der Waals surface area contributed by atoms with Gasteiger partial charge < -0.3 is 53.3 Å². The first-order valence-corrected chi connectivity index (χ1v) is 14.3. The van der Waals surface area contributed by atoms with Gasteiger partial charge in [0, 0.05) is 19.2 Å². The Morgan fingerprint density at radius 3 is 1.36 bits per heavy atom. The maximum atomic E-state index is 11.5. The van der Waals surface area contributed by atoms with Gasteiger partial charge in [-0.05, 0) is 45.0 Å². The molecule has 0 aliphatic heterocycles. The molecule has 2 N–H and O–H groups in total. The lowest BCUT2D eigenvalue weighted by Gasteiger charge is -2.19. The van der Waals surface area contributed by atoms with Crippen molar-refractivity contribution in [2.24, 2.45) is 0 Å². The molecule has 0 saturated heterocycles. The Balaban J connectivity index is 1.72. The summed E-state index contributed by atoms with van der Waals surface area (Å²) in [6, 6.07) is 7.16. The molecule has 0 unspecified atom stereocenters. The molecule has 1 aromatic carbocycles. The number of nitrogens with one attached hydrogen (secondary N) is 2. The fraction of sp³-hybridized carbons (Fsp3) is 0.724. The number of hydrogen-bond acceptors (Lipinski definition) is 11. The highest BCUT2D eigenvalue weighted by Gasteiger charge is 2.15. The van der Waals surface area contributed by atoms with E-state index >= 15 is 0 Å². The topological polar surface area (TPSA) is 141 Å². The molecule has 0 bridgehead atoms. The molecule has 0 heterocycles. The molecule has 1 rings (SSSR count). The Morgan fingerprint density at radius 1 is 0.595 bits per heavy atom. The minimum Gasteiger partial charge on any atom is -0.491 e. The monoisotopic (exact) mass is 602 g/mol. The van der Waals surface area contributed by atoms with Crippen molar-refractivity contribution in [3.8, 4) is 5.75 Å². The van der Waals surface area contributed by atoms with Gasteiger partial charge >= 0.3 is 6.09 Å². The second kappa shape index (κ2) is 25.0. The summed E-state index contributed by atoms with van der Waals surface area (Å²) in [5, 5.41) is 5.33. The van der Waals surface area contributed by atoms with Crippen LogP contribution in [0.4, 0.5) is 10.5 Å². The number of carbonyl (C=O) groups excluding carboxylic acids is 2. The van der Waals surface area contributed by atoms with Gasteiger partial charge in [-0.25, -0.2) is 4.79 Å². The third-order valence-electron chi connectivity index (χ3n) is 4.82. The molecule has 0 radical (unpaired) electrons. The molecule has 0 atom stereocenters. The van der Waals surface area contributed by atoms with Crippen LogP contribution in [0.1, 0.15) is 27.7 Å². The van der Waals surface area contributed by atoms with Gasteiger partial charge in [0.1, 0.15) is 18.0 Å². The fourth-order valence-electron chi connectivity index (χ4n) is 3.02. The molecule has 0 saturated carbocycles. The minimum atomic E-state index is -0.512. The Labute approximate surface area is 249 Å². The first kappa shape index (κ1) is 37.5. The number of rotatable bonds is 26. The second-order valence-electron chi connectivity index (χ2n) is 9.77. The van der Waals surface area contributed by atoms with Crippen molar-refractivity contribution in [1.29, 1.82) is 0 Å². The predicted octanol–water partition coefficient (Wildman–Crippen LogP) is 2.66. The summed E-state index contributed by atoms with van der Waals surface area (Å²) in [5.74, 6) is 0.603. The lowest BCUT2D eigenvalue weighted by molar-refractivity contribution is -0.114. The van der Waals surface area contributed by atoms with Crippen molar-refractivity contribution in [3.63, 3.8) is 0 Å². The first-order chi connectivity index (χ1) is 20.3. The van der Waals surface area contributed by atoms with Gasteiger partial charge in [-0.2, -0.15) is 0 Å². The van der Waals surface area contributed by atoms with Gasteiger partial charge in [0.25, 0.3) is 0 Å². The van der Waals surface area contributed by atoms with Crippen molar-refractivity contribution in [3.05, 3.63) is 24.3 Å². The SMILES string of the molecule is CC(=O)Nc1ccc(OCCOCCOCCOCCOCCOCCOCCOCCNC(=O)OC(C)(C)C)cc1. The van der Waals surface area contributed by atoms with Crippen LogP contribution in [0.2, 0.25) is 0 Å². The van der Waals surface area contributed by atoms with Crippen LogP contribution in [0.3, 0.4) is 0 Å². The van der Waals surface area contributed by atoms with E-state index in [9.17, 15) is 9.59 Å². The van der Waals surface area contributed by atoms with Gasteiger partial charge in [-0.3, -0.25) is 4.79 Å². The summed E-state index contributed by atoms with van der Waals surface area (Å²) >= 11 is 0. The third-order valence-corrected chi connectivity index (χ3v) is 4.82. The van der Waals surface area contributed by atoms with Crippen LogP contribution < -0.4 is 15.4 Å². The van der Waals surface area contributed by atoms with E-state index in [0.29, 0.717) is 111 Å². The molecule has 0 fully saturated rings. The number of alkyl carbamates (subject to hydrolysis) is 1. The number of amides is 2. The molecule has 0 aliphatic carbocycles. The van der Waals surface area contributed by atoms with Crippen molar-refractivity contribution in [2.45, 2.75) is 33.3 Å². The minimum absolute atomic E-state index is 0.110. The third kappa shape index (κ3) is 25.2. The van der Waals surface area contributed by atoms with E-state index in [4.69, 9.17) is 42.6 Å². The molecule has 13 nitrogen and oxygen atoms in total. The van der Waals surface area contributed by atoms with Crippen molar-refractivity contribution >= 4 is 17.7 Å². The van der Waals surface area contributed by atoms with E-state index in [-0.39, 0.29) is 5.91 Å². The highest BCUT2D eigenvalue weighted by Crippen LogP contribution is 2.15. The first-order valence-electron chi connectivity index (χ1n) is 14.3. The molecular weight excluding hydrogens is 552 g/mol. The van der Waals surface area contributed by atoms with E-state index in [1.807, 2.05) is 20.8 Å². The number of ether oxygens (including phenoxy) is 9. The molecule has 242 valence electrons. The molecule has 0 aromatic heterocycles. The highest BCUT2D eigenvalue weighted by molar-refractivity contribution is 5.88. The molecule has 1 aromatic rings. The van der Waals surface area contributed by atoms with Crippen molar-refractivity contribution in [1.82, 2.24) is 5.32 Å². The largest absolute Gasteiger partial charge is 0.491 e. The van der Waals surface area contributed by atoms with Crippen molar-refractivity contribution < 1.29 is 52.2 Å².